The Morgan fingerprint density at radius 2 is 1.47 bits per heavy atom. The van der Waals surface area contributed by atoms with E-state index in [0.717, 1.165) is 22.5 Å². The molecule has 3 aromatic carbocycles. The average molecular weight is 538 g/mol. The Kier molecular flexibility index (Phi) is 10.3. The number of carbonyl (C=O) groups excluding carboxylic acids is 2. The van der Waals surface area contributed by atoms with Gasteiger partial charge in [0.1, 0.15) is 24.1 Å². The number of sulfonamides is 1. The quantitative estimate of drug-likeness (QED) is 0.352. The third kappa shape index (κ3) is 8.34. The first-order valence-electron chi connectivity index (χ1n) is 12.6. The van der Waals surface area contributed by atoms with Crippen LogP contribution in [0.4, 0.5) is 5.69 Å². The molecule has 8 nitrogen and oxygen atoms in total. The molecule has 0 fully saturated rings. The van der Waals surface area contributed by atoms with E-state index in [9.17, 15) is 18.0 Å². The van der Waals surface area contributed by atoms with E-state index >= 15 is 0 Å². The van der Waals surface area contributed by atoms with Crippen molar-refractivity contribution in [2.75, 3.05) is 30.2 Å². The second kappa shape index (κ2) is 13.6. The fourth-order valence-electron chi connectivity index (χ4n) is 3.88. The fourth-order valence-corrected chi connectivity index (χ4v) is 4.73. The molecule has 0 heterocycles. The predicted octanol–water partition coefficient (Wildman–Crippen LogP) is 4.23. The van der Waals surface area contributed by atoms with E-state index in [-0.39, 0.29) is 12.5 Å². The number of carbonyl (C=O) groups is 2. The third-order valence-electron chi connectivity index (χ3n) is 5.98. The van der Waals surface area contributed by atoms with Gasteiger partial charge in [0.15, 0.2) is 0 Å². The van der Waals surface area contributed by atoms with Crippen molar-refractivity contribution in [3.05, 3.63) is 90.5 Å². The van der Waals surface area contributed by atoms with Crippen LogP contribution in [0.2, 0.25) is 0 Å². The molecule has 0 saturated heterocycles. The summed E-state index contributed by atoms with van der Waals surface area (Å²) in [7, 11) is -3.80. The molecule has 0 aliphatic rings. The Bertz CT molecular complexity index is 1280. The minimum absolute atomic E-state index is 0.269. The van der Waals surface area contributed by atoms with Gasteiger partial charge in [-0.25, -0.2) is 8.42 Å². The lowest BCUT2D eigenvalue weighted by molar-refractivity contribution is -0.138. The highest BCUT2D eigenvalue weighted by Crippen LogP contribution is 2.25. The summed E-state index contributed by atoms with van der Waals surface area (Å²) in [4.78, 5) is 27.7. The van der Waals surface area contributed by atoms with Crippen LogP contribution < -0.4 is 14.4 Å². The van der Waals surface area contributed by atoms with E-state index in [2.05, 4.69) is 5.32 Å². The molecule has 0 radical (unpaired) electrons. The second-order valence-electron chi connectivity index (χ2n) is 8.97. The lowest BCUT2D eigenvalue weighted by Gasteiger charge is -2.31. The van der Waals surface area contributed by atoms with Gasteiger partial charge in [-0.1, -0.05) is 55.5 Å². The molecule has 2 amide bonds. The first-order valence-corrected chi connectivity index (χ1v) is 14.5. The van der Waals surface area contributed by atoms with Gasteiger partial charge in [0, 0.05) is 13.1 Å². The molecule has 38 heavy (non-hydrogen) atoms. The van der Waals surface area contributed by atoms with Crippen LogP contribution in [0.3, 0.4) is 0 Å². The predicted molar refractivity (Wildman–Crippen MR) is 150 cm³/mol. The Morgan fingerprint density at radius 3 is 2.05 bits per heavy atom. The van der Waals surface area contributed by atoms with Crippen LogP contribution >= 0.6 is 0 Å². The van der Waals surface area contributed by atoms with Gasteiger partial charge in [0.05, 0.1) is 11.9 Å². The number of anilines is 1. The molecule has 0 unspecified atom stereocenters. The van der Waals surface area contributed by atoms with Gasteiger partial charge in [-0.15, -0.1) is 0 Å². The zero-order valence-electron chi connectivity index (χ0n) is 22.0. The maximum Gasteiger partial charge on any atom is 0.244 e. The van der Waals surface area contributed by atoms with Crippen molar-refractivity contribution in [1.29, 1.82) is 0 Å². The van der Waals surface area contributed by atoms with Gasteiger partial charge in [-0.05, 0) is 61.7 Å². The molecule has 202 valence electrons. The van der Waals surface area contributed by atoms with Crippen molar-refractivity contribution in [3.8, 4) is 11.5 Å². The maximum absolute atomic E-state index is 13.5. The van der Waals surface area contributed by atoms with Crippen LogP contribution in [0.5, 0.6) is 11.5 Å². The smallest absolute Gasteiger partial charge is 0.244 e. The monoisotopic (exact) mass is 537 g/mol. The zero-order chi connectivity index (χ0) is 27.5. The first-order chi connectivity index (χ1) is 18.2. The molecule has 0 spiro atoms. The molecule has 9 heteroatoms. The number of para-hydroxylation sites is 1. The summed E-state index contributed by atoms with van der Waals surface area (Å²) in [6, 6.07) is 24.6. The van der Waals surface area contributed by atoms with E-state index in [4.69, 9.17) is 4.74 Å². The second-order valence-corrected chi connectivity index (χ2v) is 10.9. The normalized spacial score (nSPS) is 11.9. The van der Waals surface area contributed by atoms with Gasteiger partial charge in [0.25, 0.3) is 0 Å². The number of nitrogens with one attached hydrogen (secondary N) is 1. The molecule has 1 atom stereocenters. The molecular weight excluding hydrogens is 502 g/mol. The van der Waals surface area contributed by atoms with E-state index in [1.54, 1.807) is 31.2 Å². The van der Waals surface area contributed by atoms with Gasteiger partial charge < -0.3 is 15.0 Å². The summed E-state index contributed by atoms with van der Waals surface area (Å²) in [6.45, 7) is 3.94. The highest BCUT2D eigenvalue weighted by atomic mass is 32.2. The SMILES string of the molecule is CCCNC(=O)[C@H](C)N(CCc1ccccc1)C(=O)CN(c1ccc(Oc2ccccc2)cc1)S(C)(=O)=O. The van der Waals surface area contributed by atoms with Crippen LogP contribution in [0.15, 0.2) is 84.9 Å². The minimum Gasteiger partial charge on any atom is -0.457 e. The maximum atomic E-state index is 13.5. The molecule has 0 aliphatic heterocycles. The van der Waals surface area contributed by atoms with Crippen LogP contribution in [0, 0.1) is 0 Å². The van der Waals surface area contributed by atoms with Gasteiger partial charge >= 0.3 is 0 Å². The lowest BCUT2D eigenvalue weighted by Crippen LogP contribution is -2.52. The highest BCUT2D eigenvalue weighted by molar-refractivity contribution is 7.92. The number of hydrogen-bond acceptors (Lipinski definition) is 5. The Labute approximate surface area is 225 Å². The Morgan fingerprint density at radius 1 is 0.895 bits per heavy atom. The summed E-state index contributed by atoms with van der Waals surface area (Å²) < 4.78 is 32.3. The van der Waals surface area contributed by atoms with Gasteiger partial charge in [-0.3, -0.25) is 13.9 Å². The van der Waals surface area contributed by atoms with Crippen molar-refractivity contribution in [3.63, 3.8) is 0 Å². The number of rotatable bonds is 13. The van der Waals surface area contributed by atoms with Crippen LogP contribution in [-0.2, 0) is 26.0 Å². The molecule has 3 aromatic rings. The number of benzene rings is 3. The molecule has 0 saturated carbocycles. The largest absolute Gasteiger partial charge is 0.457 e. The number of ether oxygens (including phenoxy) is 1. The summed E-state index contributed by atoms with van der Waals surface area (Å²) in [6.07, 6.45) is 2.35. The van der Waals surface area contributed by atoms with E-state index in [1.165, 1.54) is 4.90 Å². The van der Waals surface area contributed by atoms with Gasteiger partial charge in [0.2, 0.25) is 21.8 Å². The highest BCUT2D eigenvalue weighted by Gasteiger charge is 2.29. The summed E-state index contributed by atoms with van der Waals surface area (Å²) in [5.74, 6) is 0.446. The molecule has 0 bridgehead atoms. The molecule has 1 N–H and O–H groups in total. The van der Waals surface area contributed by atoms with Crippen molar-refractivity contribution in [2.45, 2.75) is 32.7 Å². The van der Waals surface area contributed by atoms with Crippen LogP contribution in [-0.4, -0.2) is 57.1 Å². The standard InChI is InChI=1S/C29H35N3O5S/c1-4-20-30-29(34)23(2)31(21-19-24-11-7-5-8-12-24)28(33)22-32(38(3,35)36)25-15-17-27(18-16-25)37-26-13-9-6-10-14-26/h5-18,23H,4,19-22H2,1-3H3,(H,30,34)/t23-/m0/s1. The summed E-state index contributed by atoms with van der Waals surface area (Å²) in [5, 5.41) is 2.83. The Hall–Kier alpha value is -3.85. The van der Waals surface area contributed by atoms with E-state index in [0.29, 0.717) is 30.2 Å². The van der Waals surface area contributed by atoms with E-state index < -0.39 is 28.5 Å². The summed E-state index contributed by atoms with van der Waals surface area (Å²) >= 11 is 0. The van der Waals surface area contributed by atoms with Gasteiger partial charge in [-0.2, -0.15) is 0 Å². The average Bonchev–Trinajstić information content (AvgIpc) is 2.91. The zero-order valence-corrected chi connectivity index (χ0v) is 22.9. The Balaban J connectivity index is 1.80. The fraction of sp³-hybridized carbons (Fsp3) is 0.310. The number of amides is 2. The third-order valence-corrected chi connectivity index (χ3v) is 7.12. The first kappa shape index (κ1) is 28.7. The minimum atomic E-state index is -3.80. The summed E-state index contributed by atoms with van der Waals surface area (Å²) in [5.41, 5.74) is 1.34. The molecule has 0 aliphatic carbocycles. The number of hydrogen-bond donors (Lipinski definition) is 1. The van der Waals surface area contributed by atoms with Crippen molar-refractivity contribution in [2.24, 2.45) is 0 Å². The molecule has 0 aromatic heterocycles. The van der Waals surface area contributed by atoms with Crippen molar-refractivity contribution >= 4 is 27.5 Å². The van der Waals surface area contributed by atoms with E-state index in [1.807, 2.05) is 67.6 Å². The van der Waals surface area contributed by atoms with Crippen molar-refractivity contribution < 1.29 is 22.7 Å². The number of nitrogens with zero attached hydrogens (tertiary/aromatic N) is 2. The molecular formula is C29H35N3O5S. The molecule has 3 rings (SSSR count). The van der Waals surface area contributed by atoms with Crippen LogP contribution in [0.1, 0.15) is 25.8 Å². The topological polar surface area (TPSA) is 96.0 Å². The van der Waals surface area contributed by atoms with Crippen molar-refractivity contribution in [1.82, 2.24) is 10.2 Å². The lowest BCUT2D eigenvalue weighted by atomic mass is 10.1. The van der Waals surface area contributed by atoms with Crippen LogP contribution in [0.25, 0.3) is 0 Å².